The zero-order valence-corrected chi connectivity index (χ0v) is 11.8. The van der Waals surface area contributed by atoms with Gasteiger partial charge in [-0.25, -0.2) is 9.38 Å². The molecule has 1 aromatic rings. The number of nitrogens with one attached hydrogen (secondary N) is 1. The third kappa shape index (κ3) is 5.70. The first-order chi connectivity index (χ1) is 9.67. The van der Waals surface area contributed by atoms with Gasteiger partial charge in [0.25, 0.3) is 0 Å². The first-order valence-corrected chi connectivity index (χ1v) is 6.89. The van der Waals surface area contributed by atoms with E-state index in [-0.39, 0.29) is 12.4 Å². The summed E-state index contributed by atoms with van der Waals surface area (Å²) in [5.41, 5.74) is 6.50. The van der Waals surface area contributed by atoms with Crippen molar-refractivity contribution in [1.29, 1.82) is 5.26 Å². The molecule has 0 saturated carbocycles. The van der Waals surface area contributed by atoms with E-state index in [1.54, 1.807) is 0 Å². The lowest BCUT2D eigenvalue weighted by Gasteiger charge is -2.06. The largest absolute Gasteiger partial charge is 0.370 e. The molecule has 0 heterocycles. The Morgan fingerprint density at radius 3 is 2.90 bits per heavy atom. The summed E-state index contributed by atoms with van der Waals surface area (Å²) >= 11 is 0. The summed E-state index contributed by atoms with van der Waals surface area (Å²) in [4.78, 5) is 4.08. The topological polar surface area (TPSA) is 74.2 Å². The zero-order valence-electron chi connectivity index (χ0n) is 11.8. The van der Waals surface area contributed by atoms with Crippen molar-refractivity contribution in [1.82, 2.24) is 5.32 Å². The maximum Gasteiger partial charge on any atom is 0.188 e. The number of unbranched alkanes of at least 4 members (excludes halogenated alkanes) is 3. The van der Waals surface area contributed by atoms with Gasteiger partial charge in [0.15, 0.2) is 5.96 Å². The van der Waals surface area contributed by atoms with Crippen LogP contribution in [0.2, 0.25) is 0 Å². The smallest absolute Gasteiger partial charge is 0.188 e. The first kappa shape index (κ1) is 16.0. The fourth-order valence-corrected chi connectivity index (χ4v) is 1.76. The average molecular weight is 276 g/mol. The van der Waals surface area contributed by atoms with E-state index >= 15 is 0 Å². The van der Waals surface area contributed by atoms with Gasteiger partial charge in [-0.2, -0.15) is 5.26 Å². The summed E-state index contributed by atoms with van der Waals surface area (Å²) in [5, 5.41) is 11.8. The molecule has 0 atom stereocenters. The molecule has 0 unspecified atom stereocenters. The van der Waals surface area contributed by atoms with Gasteiger partial charge in [0, 0.05) is 12.1 Å². The summed E-state index contributed by atoms with van der Waals surface area (Å²) in [6.07, 6.45) is 4.61. The number of halogens is 1. The van der Waals surface area contributed by atoms with Crippen molar-refractivity contribution in [2.24, 2.45) is 10.7 Å². The second-order valence-electron chi connectivity index (χ2n) is 4.61. The van der Waals surface area contributed by atoms with Crippen LogP contribution in [0.5, 0.6) is 0 Å². The van der Waals surface area contributed by atoms with Crippen LogP contribution in [-0.2, 0) is 6.54 Å². The Labute approximate surface area is 119 Å². The third-order valence-corrected chi connectivity index (χ3v) is 2.93. The van der Waals surface area contributed by atoms with E-state index in [1.807, 2.05) is 6.07 Å². The van der Waals surface area contributed by atoms with Crippen LogP contribution in [0.3, 0.4) is 0 Å². The Kier molecular flexibility index (Phi) is 7.12. The predicted molar refractivity (Wildman–Crippen MR) is 78.6 cm³/mol. The van der Waals surface area contributed by atoms with Crippen molar-refractivity contribution in [3.8, 4) is 6.07 Å². The molecule has 0 spiro atoms. The van der Waals surface area contributed by atoms with E-state index in [0.717, 1.165) is 19.4 Å². The summed E-state index contributed by atoms with van der Waals surface area (Å²) in [6, 6.07) is 6.19. The molecule has 0 aliphatic rings. The van der Waals surface area contributed by atoms with Gasteiger partial charge in [0.1, 0.15) is 5.82 Å². The quantitative estimate of drug-likeness (QED) is 0.457. The van der Waals surface area contributed by atoms with Crippen molar-refractivity contribution in [3.63, 3.8) is 0 Å². The van der Waals surface area contributed by atoms with Crippen molar-refractivity contribution in [2.45, 2.75) is 39.2 Å². The molecule has 0 fully saturated rings. The highest BCUT2D eigenvalue weighted by molar-refractivity contribution is 5.77. The number of nitriles is 1. The van der Waals surface area contributed by atoms with Gasteiger partial charge in [0.05, 0.1) is 18.2 Å². The molecule has 1 aromatic carbocycles. The van der Waals surface area contributed by atoms with Gasteiger partial charge in [0.2, 0.25) is 0 Å². The summed E-state index contributed by atoms with van der Waals surface area (Å²) in [6.45, 7) is 3.07. The van der Waals surface area contributed by atoms with E-state index in [2.05, 4.69) is 17.2 Å². The van der Waals surface area contributed by atoms with E-state index < -0.39 is 0 Å². The summed E-state index contributed by atoms with van der Waals surface area (Å²) < 4.78 is 13.5. The van der Waals surface area contributed by atoms with Gasteiger partial charge < -0.3 is 11.1 Å². The monoisotopic (exact) mass is 276 g/mol. The maximum atomic E-state index is 13.5. The van der Waals surface area contributed by atoms with Crippen LogP contribution in [-0.4, -0.2) is 12.5 Å². The molecule has 108 valence electrons. The Morgan fingerprint density at radius 1 is 1.40 bits per heavy atom. The van der Waals surface area contributed by atoms with Crippen molar-refractivity contribution >= 4 is 5.96 Å². The molecule has 0 saturated heterocycles. The van der Waals surface area contributed by atoms with Crippen LogP contribution >= 0.6 is 0 Å². The van der Waals surface area contributed by atoms with Gasteiger partial charge in [-0.3, -0.25) is 0 Å². The molecule has 20 heavy (non-hydrogen) atoms. The Bertz CT molecular complexity index is 491. The highest BCUT2D eigenvalue weighted by atomic mass is 19.1. The Morgan fingerprint density at radius 2 is 2.20 bits per heavy atom. The average Bonchev–Trinajstić information content (AvgIpc) is 2.46. The SMILES string of the molecule is CCCCCCNC(N)=NCc1cc(C#N)ccc1F. The molecule has 3 N–H and O–H groups in total. The number of nitrogens with zero attached hydrogens (tertiary/aromatic N) is 2. The molecule has 5 heteroatoms. The lowest BCUT2D eigenvalue weighted by molar-refractivity contribution is 0.610. The van der Waals surface area contributed by atoms with E-state index in [4.69, 9.17) is 11.0 Å². The summed E-state index contributed by atoms with van der Waals surface area (Å²) in [5.74, 6) is -0.0632. The minimum atomic E-state index is -0.372. The maximum absolute atomic E-state index is 13.5. The van der Waals surface area contributed by atoms with Gasteiger partial charge in [-0.1, -0.05) is 26.2 Å². The molecule has 4 nitrogen and oxygen atoms in total. The van der Waals surface area contributed by atoms with Crippen LogP contribution in [0, 0.1) is 17.1 Å². The minimum Gasteiger partial charge on any atom is -0.370 e. The number of aliphatic imine (C=N–C) groups is 1. The van der Waals surface area contributed by atoms with Crippen molar-refractivity contribution in [2.75, 3.05) is 6.54 Å². The van der Waals surface area contributed by atoms with Crippen LogP contribution in [0.1, 0.15) is 43.7 Å². The number of nitrogens with two attached hydrogens (primary N) is 1. The Balaban J connectivity index is 2.44. The number of hydrogen-bond donors (Lipinski definition) is 2. The van der Waals surface area contributed by atoms with Crippen molar-refractivity contribution in [3.05, 3.63) is 35.1 Å². The van der Waals surface area contributed by atoms with Crippen LogP contribution in [0.4, 0.5) is 4.39 Å². The fraction of sp³-hybridized carbons (Fsp3) is 0.467. The number of guanidine groups is 1. The highest BCUT2D eigenvalue weighted by Gasteiger charge is 2.03. The normalized spacial score (nSPS) is 11.2. The van der Waals surface area contributed by atoms with Gasteiger partial charge in [-0.15, -0.1) is 0 Å². The standard InChI is InChI=1S/C15H21FN4/c1-2-3-4-5-8-19-15(18)20-11-13-9-12(10-17)6-7-14(13)16/h6-7,9H,2-5,8,11H2,1H3,(H3,18,19,20). The minimum absolute atomic E-state index is 0.134. The Hall–Kier alpha value is -2.09. The molecule has 0 radical (unpaired) electrons. The van der Waals surface area contributed by atoms with Gasteiger partial charge in [-0.05, 0) is 24.6 Å². The molecule has 1 rings (SSSR count). The molecule has 0 bridgehead atoms. The van der Waals surface area contributed by atoms with E-state index in [0.29, 0.717) is 17.1 Å². The molecule has 0 amide bonds. The van der Waals surface area contributed by atoms with Gasteiger partial charge >= 0.3 is 0 Å². The second-order valence-corrected chi connectivity index (χ2v) is 4.61. The summed E-state index contributed by atoms with van der Waals surface area (Å²) in [7, 11) is 0. The lowest BCUT2D eigenvalue weighted by Crippen LogP contribution is -2.32. The fourth-order valence-electron chi connectivity index (χ4n) is 1.76. The number of benzene rings is 1. The predicted octanol–water partition coefficient (Wildman–Crippen LogP) is 2.68. The van der Waals surface area contributed by atoms with Crippen molar-refractivity contribution < 1.29 is 4.39 Å². The second kappa shape index (κ2) is 8.92. The molecule has 0 aromatic heterocycles. The van der Waals surface area contributed by atoms with Crippen LogP contribution < -0.4 is 11.1 Å². The van der Waals surface area contributed by atoms with E-state index in [1.165, 1.54) is 31.0 Å². The number of rotatable bonds is 7. The highest BCUT2D eigenvalue weighted by Crippen LogP contribution is 2.11. The van der Waals surface area contributed by atoms with Crippen LogP contribution in [0.25, 0.3) is 0 Å². The zero-order chi connectivity index (χ0) is 14.8. The third-order valence-electron chi connectivity index (χ3n) is 2.93. The van der Waals surface area contributed by atoms with E-state index in [9.17, 15) is 4.39 Å². The lowest BCUT2D eigenvalue weighted by atomic mass is 10.1. The molecular weight excluding hydrogens is 255 g/mol. The molecule has 0 aliphatic heterocycles. The molecule has 0 aliphatic carbocycles. The van der Waals surface area contributed by atoms with Crippen LogP contribution in [0.15, 0.2) is 23.2 Å². The first-order valence-electron chi connectivity index (χ1n) is 6.89. The number of hydrogen-bond acceptors (Lipinski definition) is 2. The molecular formula is C15H21FN4.